The third-order valence-corrected chi connectivity index (χ3v) is 4.82. The first-order valence-corrected chi connectivity index (χ1v) is 7.08. The topological polar surface area (TPSA) is 37.4 Å². The van der Waals surface area contributed by atoms with E-state index in [2.05, 4.69) is 13.8 Å². The van der Waals surface area contributed by atoms with Gasteiger partial charge in [-0.15, -0.1) is 0 Å². The van der Waals surface area contributed by atoms with Crippen LogP contribution in [0.5, 0.6) is 0 Å². The highest BCUT2D eigenvalue weighted by Gasteiger charge is 2.43. The lowest BCUT2D eigenvalue weighted by Crippen LogP contribution is -2.47. The predicted octanol–water partition coefficient (Wildman–Crippen LogP) is 3.11. The molecule has 1 aromatic carbocycles. The lowest BCUT2D eigenvalue weighted by Gasteiger charge is -2.38. The highest BCUT2D eigenvalue weighted by atomic mass is 16.2. The van der Waals surface area contributed by atoms with Gasteiger partial charge in [0.25, 0.3) is 11.8 Å². The molecular formula is C16H19NO2. The molecule has 2 amide bonds. The summed E-state index contributed by atoms with van der Waals surface area (Å²) in [6.45, 7) is 4.38. The van der Waals surface area contributed by atoms with Crippen molar-refractivity contribution in [1.82, 2.24) is 4.90 Å². The van der Waals surface area contributed by atoms with E-state index in [0.29, 0.717) is 23.0 Å². The molecule has 0 radical (unpaired) electrons. The normalized spacial score (nSPS) is 30.6. The van der Waals surface area contributed by atoms with Crippen LogP contribution in [0, 0.1) is 11.8 Å². The van der Waals surface area contributed by atoms with E-state index in [0.717, 1.165) is 12.8 Å². The van der Waals surface area contributed by atoms with Gasteiger partial charge in [-0.3, -0.25) is 14.5 Å². The molecule has 1 fully saturated rings. The Morgan fingerprint density at radius 1 is 1.00 bits per heavy atom. The molecule has 1 saturated carbocycles. The molecular weight excluding hydrogens is 238 g/mol. The Morgan fingerprint density at radius 2 is 1.58 bits per heavy atom. The van der Waals surface area contributed by atoms with Crippen LogP contribution in [0.25, 0.3) is 0 Å². The number of amides is 2. The van der Waals surface area contributed by atoms with Crippen LogP contribution in [0.3, 0.4) is 0 Å². The SMILES string of the molecule is C[C@@H]1[C@H](C)CCC[C@@H]1N1C(=O)c2ccccc2C1=O. The van der Waals surface area contributed by atoms with Gasteiger partial charge < -0.3 is 0 Å². The van der Waals surface area contributed by atoms with E-state index in [1.807, 2.05) is 12.1 Å². The van der Waals surface area contributed by atoms with E-state index in [9.17, 15) is 9.59 Å². The molecule has 3 rings (SSSR count). The van der Waals surface area contributed by atoms with Crippen LogP contribution < -0.4 is 0 Å². The molecule has 3 atom stereocenters. The second-order valence-corrected chi connectivity index (χ2v) is 5.86. The maximum Gasteiger partial charge on any atom is 0.261 e. The fourth-order valence-electron chi connectivity index (χ4n) is 3.43. The average molecular weight is 257 g/mol. The van der Waals surface area contributed by atoms with Gasteiger partial charge in [-0.2, -0.15) is 0 Å². The second kappa shape index (κ2) is 4.48. The maximum atomic E-state index is 12.5. The van der Waals surface area contributed by atoms with Crippen molar-refractivity contribution in [2.75, 3.05) is 0 Å². The van der Waals surface area contributed by atoms with Gasteiger partial charge in [-0.25, -0.2) is 0 Å². The second-order valence-electron chi connectivity index (χ2n) is 5.86. The number of carbonyl (C=O) groups is 2. The van der Waals surface area contributed by atoms with Gasteiger partial charge >= 0.3 is 0 Å². The van der Waals surface area contributed by atoms with Crippen molar-refractivity contribution in [3.8, 4) is 0 Å². The summed E-state index contributed by atoms with van der Waals surface area (Å²) in [5.41, 5.74) is 1.14. The predicted molar refractivity (Wildman–Crippen MR) is 72.9 cm³/mol. The smallest absolute Gasteiger partial charge is 0.261 e. The van der Waals surface area contributed by atoms with Gasteiger partial charge in [0.2, 0.25) is 0 Å². The Labute approximate surface area is 113 Å². The third-order valence-electron chi connectivity index (χ3n) is 4.82. The van der Waals surface area contributed by atoms with E-state index in [-0.39, 0.29) is 17.9 Å². The lowest BCUT2D eigenvalue weighted by molar-refractivity contribution is 0.0430. The quantitative estimate of drug-likeness (QED) is 0.725. The number of benzene rings is 1. The Hall–Kier alpha value is -1.64. The van der Waals surface area contributed by atoms with Crippen molar-refractivity contribution in [1.29, 1.82) is 0 Å². The molecule has 19 heavy (non-hydrogen) atoms. The molecule has 3 nitrogen and oxygen atoms in total. The van der Waals surface area contributed by atoms with Crippen LogP contribution >= 0.6 is 0 Å². The molecule has 0 N–H and O–H groups in total. The molecule has 1 aromatic rings. The highest BCUT2D eigenvalue weighted by Crippen LogP contribution is 2.36. The summed E-state index contributed by atoms with van der Waals surface area (Å²) in [7, 11) is 0. The van der Waals surface area contributed by atoms with Crippen LogP contribution in [0.2, 0.25) is 0 Å². The number of nitrogens with zero attached hydrogens (tertiary/aromatic N) is 1. The maximum absolute atomic E-state index is 12.5. The summed E-state index contributed by atoms with van der Waals surface area (Å²) in [6.07, 6.45) is 3.24. The molecule has 0 bridgehead atoms. The zero-order valence-corrected chi connectivity index (χ0v) is 11.4. The first-order chi connectivity index (χ1) is 9.11. The van der Waals surface area contributed by atoms with Crippen molar-refractivity contribution in [2.24, 2.45) is 11.8 Å². The zero-order chi connectivity index (χ0) is 13.6. The molecule has 0 saturated heterocycles. The molecule has 100 valence electrons. The standard InChI is InChI=1S/C16H19NO2/c1-10-6-5-9-14(11(10)2)17-15(18)12-7-3-4-8-13(12)16(17)19/h3-4,7-8,10-11,14H,5-6,9H2,1-2H3/t10-,11-,14+/m1/s1. The van der Waals surface area contributed by atoms with Crippen molar-refractivity contribution < 1.29 is 9.59 Å². The number of hydrogen-bond acceptors (Lipinski definition) is 2. The minimum absolute atomic E-state index is 0.0659. The fourth-order valence-corrected chi connectivity index (χ4v) is 3.43. The van der Waals surface area contributed by atoms with Crippen molar-refractivity contribution >= 4 is 11.8 Å². The first-order valence-electron chi connectivity index (χ1n) is 7.08. The van der Waals surface area contributed by atoms with Gasteiger partial charge in [0.1, 0.15) is 0 Å². The minimum atomic E-state index is -0.105. The van der Waals surface area contributed by atoms with E-state index in [1.54, 1.807) is 12.1 Å². The van der Waals surface area contributed by atoms with E-state index in [4.69, 9.17) is 0 Å². The van der Waals surface area contributed by atoms with E-state index in [1.165, 1.54) is 11.3 Å². The molecule has 1 aliphatic heterocycles. The molecule has 0 aromatic heterocycles. The summed E-state index contributed by atoms with van der Waals surface area (Å²) in [6, 6.07) is 7.22. The Kier molecular flexibility index (Phi) is 2.92. The van der Waals surface area contributed by atoms with Crippen molar-refractivity contribution in [2.45, 2.75) is 39.2 Å². The summed E-state index contributed by atoms with van der Waals surface area (Å²) in [4.78, 5) is 26.4. The summed E-state index contributed by atoms with van der Waals surface area (Å²) in [5.74, 6) is 0.747. The van der Waals surface area contributed by atoms with Crippen LogP contribution in [0.15, 0.2) is 24.3 Å². The van der Waals surface area contributed by atoms with E-state index < -0.39 is 0 Å². The number of hydrogen-bond donors (Lipinski definition) is 0. The molecule has 2 aliphatic rings. The van der Waals surface area contributed by atoms with Gasteiger partial charge in [-0.05, 0) is 30.4 Å². The van der Waals surface area contributed by atoms with Crippen LogP contribution in [-0.4, -0.2) is 22.8 Å². The summed E-state index contributed by atoms with van der Waals surface area (Å²) in [5, 5.41) is 0. The summed E-state index contributed by atoms with van der Waals surface area (Å²) >= 11 is 0. The number of carbonyl (C=O) groups excluding carboxylic acids is 2. The van der Waals surface area contributed by atoms with E-state index >= 15 is 0 Å². The highest BCUT2D eigenvalue weighted by molar-refractivity contribution is 6.21. The number of fused-ring (bicyclic) bond motifs is 1. The number of imide groups is 1. The van der Waals surface area contributed by atoms with Gasteiger partial charge in [0.05, 0.1) is 11.1 Å². The van der Waals surface area contributed by atoms with Crippen LogP contribution in [0.4, 0.5) is 0 Å². The molecule has 1 aliphatic carbocycles. The van der Waals surface area contributed by atoms with Crippen molar-refractivity contribution in [3.05, 3.63) is 35.4 Å². The van der Waals surface area contributed by atoms with Gasteiger partial charge in [-0.1, -0.05) is 38.8 Å². The number of rotatable bonds is 1. The Balaban J connectivity index is 1.95. The first kappa shape index (κ1) is 12.4. The van der Waals surface area contributed by atoms with Crippen LogP contribution in [0.1, 0.15) is 53.8 Å². The summed E-state index contributed by atoms with van der Waals surface area (Å²) < 4.78 is 0. The molecule has 3 heteroatoms. The third kappa shape index (κ3) is 1.79. The Bertz CT molecular complexity index is 502. The molecule has 1 heterocycles. The largest absolute Gasteiger partial charge is 0.271 e. The van der Waals surface area contributed by atoms with Crippen molar-refractivity contribution in [3.63, 3.8) is 0 Å². The zero-order valence-electron chi connectivity index (χ0n) is 11.4. The van der Waals surface area contributed by atoms with Gasteiger partial charge in [0, 0.05) is 6.04 Å². The fraction of sp³-hybridized carbons (Fsp3) is 0.500. The molecule has 0 spiro atoms. The molecule has 0 unspecified atom stereocenters. The van der Waals surface area contributed by atoms with Crippen LogP contribution in [-0.2, 0) is 0 Å². The lowest BCUT2D eigenvalue weighted by atomic mass is 9.77. The monoisotopic (exact) mass is 257 g/mol. The van der Waals surface area contributed by atoms with Gasteiger partial charge in [0.15, 0.2) is 0 Å². The Morgan fingerprint density at radius 3 is 2.16 bits per heavy atom. The minimum Gasteiger partial charge on any atom is -0.271 e. The average Bonchev–Trinajstić information content (AvgIpc) is 2.67.